The molecule has 0 radical (unpaired) electrons. The first kappa shape index (κ1) is 15.2. The first-order valence-corrected chi connectivity index (χ1v) is 7.48. The molecule has 102 valence electrons. The van der Waals surface area contributed by atoms with E-state index < -0.39 is 0 Å². The minimum Gasteiger partial charge on any atom is -0.324 e. The molecule has 0 saturated heterocycles. The summed E-state index contributed by atoms with van der Waals surface area (Å²) in [5, 5.41) is 0. The van der Waals surface area contributed by atoms with E-state index in [1.54, 1.807) is 0 Å². The molecule has 1 rings (SSSR count). The van der Waals surface area contributed by atoms with E-state index in [1.807, 2.05) is 0 Å². The summed E-state index contributed by atoms with van der Waals surface area (Å²) in [6.07, 6.45) is 7.47. The molecule has 18 heavy (non-hydrogen) atoms. The fraction of sp³-hybridized carbons (Fsp3) is 0.647. The standard InChI is InChI=1S/C17H29N/c1-4-5-6-7-8-17(18)16-11-9-15(10-12-16)13-14(2)3/h9-12,14,17H,4-8,13,18H2,1-3H3. The van der Waals surface area contributed by atoms with Crippen LogP contribution in [0.25, 0.3) is 0 Å². The third kappa shape index (κ3) is 5.68. The van der Waals surface area contributed by atoms with Gasteiger partial charge in [0.2, 0.25) is 0 Å². The average Bonchev–Trinajstić information content (AvgIpc) is 2.34. The van der Waals surface area contributed by atoms with Crippen molar-refractivity contribution in [2.75, 3.05) is 0 Å². The number of unbranched alkanes of at least 4 members (excludes halogenated alkanes) is 3. The second-order valence-electron chi connectivity index (χ2n) is 5.80. The average molecular weight is 247 g/mol. The Balaban J connectivity index is 2.41. The van der Waals surface area contributed by atoms with Gasteiger partial charge in [0, 0.05) is 6.04 Å². The molecule has 0 aliphatic heterocycles. The quantitative estimate of drug-likeness (QED) is 0.653. The van der Waals surface area contributed by atoms with Crippen LogP contribution in [0.2, 0.25) is 0 Å². The van der Waals surface area contributed by atoms with Gasteiger partial charge in [0.1, 0.15) is 0 Å². The predicted octanol–water partition coefficient (Wildman–Crippen LogP) is 4.86. The van der Waals surface area contributed by atoms with Crippen molar-refractivity contribution >= 4 is 0 Å². The highest BCUT2D eigenvalue weighted by atomic mass is 14.6. The largest absolute Gasteiger partial charge is 0.324 e. The molecule has 1 heteroatoms. The van der Waals surface area contributed by atoms with Gasteiger partial charge in [-0.1, -0.05) is 70.7 Å². The normalized spacial score (nSPS) is 12.9. The van der Waals surface area contributed by atoms with Crippen molar-refractivity contribution in [2.45, 2.75) is 65.3 Å². The Morgan fingerprint density at radius 2 is 1.67 bits per heavy atom. The molecule has 1 aromatic rings. The van der Waals surface area contributed by atoms with Gasteiger partial charge in [-0.2, -0.15) is 0 Å². The summed E-state index contributed by atoms with van der Waals surface area (Å²) in [6.45, 7) is 6.76. The van der Waals surface area contributed by atoms with E-state index in [0.29, 0.717) is 0 Å². The SMILES string of the molecule is CCCCCCC(N)c1ccc(CC(C)C)cc1. The van der Waals surface area contributed by atoms with Crippen LogP contribution in [0.4, 0.5) is 0 Å². The first-order valence-electron chi connectivity index (χ1n) is 7.48. The zero-order chi connectivity index (χ0) is 13.4. The van der Waals surface area contributed by atoms with Crippen molar-refractivity contribution in [2.24, 2.45) is 11.7 Å². The third-order valence-corrected chi connectivity index (χ3v) is 3.42. The van der Waals surface area contributed by atoms with Crippen LogP contribution < -0.4 is 5.73 Å². The van der Waals surface area contributed by atoms with Crippen LogP contribution in [0.3, 0.4) is 0 Å². The van der Waals surface area contributed by atoms with Gasteiger partial charge >= 0.3 is 0 Å². The monoisotopic (exact) mass is 247 g/mol. The number of nitrogens with two attached hydrogens (primary N) is 1. The molecule has 0 aliphatic rings. The Kier molecular flexibility index (Phi) is 7.04. The van der Waals surface area contributed by atoms with Crippen molar-refractivity contribution in [3.8, 4) is 0 Å². The van der Waals surface area contributed by atoms with Crippen LogP contribution in [0.5, 0.6) is 0 Å². The van der Waals surface area contributed by atoms with Gasteiger partial charge in [-0.25, -0.2) is 0 Å². The zero-order valence-electron chi connectivity index (χ0n) is 12.3. The second-order valence-corrected chi connectivity index (χ2v) is 5.80. The minimum atomic E-state index is 0.218. The number of rotatable bonds is 8. The highest BCUT2D eigenvalue weighted by molar-refractivity contribution is 5.25. The van der Waals surface area contributed by atoms with E-state index in [-0.39, 0.29) is 6.04 Å². The van der Waals surface area contributed by atoms with E-state index in [4.69, 9.17) is 5.73 Å². The lowest BCUT2D eigenvalue weighted by atomic mass is 9.97. The van der Waals surface area contributed by atoms with E-state index in [2.05, 4.69) is 45.0 Å². The topological polar surface area (TPSA) is 26.0 Å². The number of benzene rings is 1. The van der Waals surface area contributed by atoms with Crippen LogP contribution >= 0.6 is 0 Å². The van der Waals surface area contributed by atoms with Crippen LogP contribution in [-0.2, 0) is 6.42 Å². The Labute approximate surface area is 113 Å². The van der Waals surface area contributed by atoms with Crippen molar-refractivity contribution < 1.29 is 0 Å². The lowest BCUT2D eigenvalue weighted by Gasteiger charge is -2.13. The molecule has 0 aliphatic carbocycles. The first-order chi connectivity index (χ1) is 8.63. The lowest BCUT2D eigenvalue weighted by Crippen LogP contribution is -2.10. The lowest BCUT2D eigenvalue weighted by molar-refractivity contribution is 0.566. The van der Waals surface area contributed by atoms with Gasteiger partial charge in [0.25, 0.3) is 0 Å². The maximum Gasteiger partial charge on any atom is 0.0294 e. The van der Waals surface area contributed by atoms with Crippen molar-refractivity contribution in [3.05, 3.63) is 35.4 Å². The predicted molar refractivity (Wildman–Crippen MR) is 80.7 cm³/mol. The Morgan fingerprint density at radius 1 is 1.00 bits per heavy atom. The van der Waals surface area contributed by atoms with Crippen molar-refractivity contribution in [1.82, 2.24) is 0 Å². The molecule has 1 atom stereocenters. The highest BCUT2D eigenvalue weighted by Gasteiger charge is 2.06. The van der Waals surface area contributed by atoms with Gasteiger partial charge in [0.15, 0.2) is 0 Å². The summed E-state index contributed by atoms with van der Waals surface area (Å²) in [5.41, 5.74) is 8.94. The maximum absolute atomic E-state index is 6.23. The molecule has 0 bridgehead atoms. The van der Waals surface area contributed by atoms with E-state index in [9.17, 15) is 0 Å². The van der Waals surface area contributed by atoms with Gasteiger partial charge in [0.05, 0.1) is 0 Å². The third-order valence-electron chi connectivity index (χ3n) is 3.42. The van der Waals surface area contributed by atoms with Crippen LogP contribution in [-0.4, -0.2) is 0 Å². The minimum absolute atomic E-state index is 0.218. The fourth-order valence-electron chi connectivity index (χ4n) is 2.33. The number of hydrogen-bond donors (Lipinski definition) is 1. The summed E-state index contributed by atoms with van der Waals surface area (Å²) in [7, 11) is 0. The Bertz CT molecular complexity index is 313. The summed E-state index contributed by atoms with van der Waals surface area (Å²) in [5.74, 6) is 0.721. The molecule has 1 nitrogen and oxygen atoms in total. The van der Waals surface area contributed by atoms with Gasteiger partial charge in [-0.3, -0.25) is 0 Å². The zero-order valence-corrected chi connectivity index (χ0v) is 12.3. The molecule has 0 aromatic heterocycles. The fourth-order valence-corrected chi connectivity index (χ4v) is 2.33. The molecule has 2 N–H and O–H groups in total. The van der Waals surface area contributed by atoms with Crippen molar-refractivity contribution in [1.29, 1.82) is 0 Å². The van der Waals surface area contributed by atoms with Gasteiger partial charge in [-0.05, 0) is 29.9 Å². The van der Waals surface area contributed by atoms with E-state index in [1.165, 1.54) is 36.8 Å². The maximum atomic E-state index is 6.23. The Hall–Kier alpha value is -0.820. The molecule has 1 unspecified atom stereocenters. The molecular formula is C17H29N. The number of hydrogen-bond acceptors (Lipinski definition) is 1. The summed E-state index contributed by atoms with van der Waals surface area (Å²) in [6, 6.07) is 9.11. The summed E-state index contributed by atoms with van der Waals surface area (Å²) >= 11 is 0. The molecule has 1 aromatic carbocycles. The molecule has 0 fully saturated rings. The van der Waals surface area contributed by atoms with E-state index in [0.717, 1.165) is 18.8 Å². The van der Waals surface area contributed by atoms with Crippen LogP contribution in [0, 0.1) is 5.92 Å². The smallest absolute Gasteiger partial charge is 0.0294 e. The van der Waals surface area contributed by atoms with Crippen molar-refractivity contribution in [3.63, 3.8) is 0 Å². The summed E-state index contributed by atoms with van der Waals surface area (Å²) in [4.78, 5) is 0. The summed E-state index contributed by atoms with van der Waals surface area (Å²) < 4.78 is 0. The van der Waals surface area contributed by atoms with E-state index >= 15 is 0 Å². The molecule has 0 saturated carbocycles. The molecule has 0 heterocycles. The molecule has 0 amide bonds. The molecular weight excluding hydrogens is 218 g/mol. The van der Waals surface area contributed by atoms with Crippen LogP contribution in [0.1, 0.15) is 70.0 Å². The Morgan fingerprint density at radius 3 is 2.22 bits per heavy atom. The van der Waals surface area contributed by atoms with Gasteiger partial charge < -0.3 is 5.73 Å². The van der Waals surface area contributed by atoms with Crippen LogP contribution in [0.15, 0.2) is 24.3 Å². The second kappa shape index (κ2) is 8.31. The van der Waals surface area contributed by atoms with Gasteiger partial charge in [-0.15, -0.1) is 0 Å². The highest BCUT2D eigenvalue weighted by Crippen LogP contribution is 2.19. The molecule has 0 spiro atoms.